The maximum atomic E-state index is 12.4. The molecule has 118 valence electrons. The van der Waals surface area contributed by atoms with Gasteiger partial charge < -0.3 is 4.90 Å². The molecule has 0 atom stereocenters. The van der Waals surface area contributed by atoms with Gasteiger partial charge in [0.15, 0.2) is 9.84 Å². The zero-order valence-electron chi connectivity index (χ0n) is 12.9. The molecule has 2 aromatic rings. The Morgan fingerprint density at radius 2 is 2.05 bits per heavy atom. The maximum Gasteiger partial charge on any atom is 0.253 e. The first kappa shape index (κ1) is 16.2. The third-order valence-corrected chi connectivity index (χ3v) is 3.99. The lowest BCUT2D eigenvalue weighted by atomic mass is 10.1. The van der Waals surface area contributed by atoms with Gasteiger partial charge in [0.2, 0.25) is 0 Å². The Kier molecular flexibility index (Phi) is 4.65. The average Bonchev–Trinajstić information content (AvgIpc) is 2.81. The molecule has 1 heterocycles. The third-order valence-electron chi connectivity index (χ3n) is 3.13. The van der Waals surface area contributed by atoms with Crippen molar-refractivity contribution >= 4 is 15.7 Å². The molecule has 0 saturated carbocycles. The molecule has 0 N–H and O–H groups in total. The number of nitrogens with zero attached hydrogens (tertiary/aromatic N) is 3. The van der Waals surface area contributed by atoms with Crippen LogP contribution in [-0.4, -0.2) is 42.3 Å². The Morgan fingerprint density at radius 1 is 1.32 bits per heavy atom. The molecule has 0 aliphatic heterocycles. The number of amides is 1. The van der Waals surface area contributed by atoms with Gasteiger partial charge in [-0.1, -0.05) is 12.1 Å². The quantitative estimate of drug-likeness (QED) is 0.830. The number of hydrogen-bond acceptors (Lipinski definition) is 4. The van der Waals surface area contributed by atoms with Crippen LogP contribution < -0.4 is 0 Å². The summed E-state index contributed by atoms with van der Waals surface area (Å²) in [6.45, 7) is 0.447. The molecule has 0 bridgehead atoms. The number of benzene rings is 1. The van der Waals surface area contributed by atoms with Crippen LogP contribution in [0.3, 0.4) is 0 Å². The summed E-state index contributed by atoms with van der Waals surface area (Å²) in [5, 5.41) is 4.07. The highest BCUT2D eigenvalue weighted by Gasteiger charge is 2.14. The molecule has 0 radical (unpaired) electrons. The van der Waals surface area contributed by atoms with Gasteiger partial charge in [0.1, 0.15) is 0 Å². The Balaban J connectivity index is 2.13. The van der Waals surface area contributed by atoms with Gasteiger partial charge in [0, 0.05) is 44.2 Å². The molecule has 22 heavy (non-hydrogen) atoms. The van der Waals surface area contributed by atoms with Gasteiger partial charge in [0.05, 0.1) is 11.9 Å². The third kappa shape index (κ3) is 4.42. The second-order valence-electron chi connectivity index (χ2n) is 5.45. The van der Waals surface area contributed by atoms with Crippen molar-refractivity contribution in [3.63, 3.8) is 0 Å². The Labute approximate surface area is 130 Å². The Bertz CT molecular complexity index is 781. The van der Waals surface area contributed by atoms with E-state index >= 15 is 0 Å². The summed E-state index contributed by atoms with van der Waals surface area (Å²) in [7, 11) is 0.405. The molecule has 0 fully saturated rings. The SMILES string of the molecule is CN(Cc1cnn(C)c1)C(=O)c1cccc(CS(C)(=O)=O)c1. The molecule has 1 amide bonds. The Hall–Kier alpha value is -2.15. The number of sulfone groups is 1. The lowest BCUT2D eigenvalue weighted by molar-refractivity contribution is 0.0785. The molecule has 7 heteroatoms. The molecule has 2 rings (SSSR count). The van der Waals surface area contributed by atoms with Crippen molar-refractivity contribution in [1.29, 1.82) is 0 Å². The summed E-state index contributed by atoms with van der Waals surface area (Å²) in [5.41, 5.74) is 2.03. The minimum absolute atomic E-state index is 0.0690. The predicted octanol–water partition coefficient (Wildman–Crippen LogP) is 1.24. The lowest BCUT2D eigenvalue weighted by Gasteiger charge is -2.16. The molecular weight excluding hydrogens is 302 g/mol. The Morgan fingerprint density at radius 3 is 2.64 bits per heavy atom. The van der Waals surface area contributed by atoms with Crippen molar-refractivity contribution < 1.29 is 13.2 Å². The van der Waals surface area contributed by atoms with E-state index < -0.39 is 9.84 Å². The van der Waals surface area contributed by atoms with Gasteiger partial charge in [-0.05, 0) is 17.7 Å². The number of rotatable bonds is 5. The van der Waals surface area contributed by atoms with Crippen molar-refractivity contribution in [3.05, 3.63) is 53.3 Å². The molecule has 6 nitrogen and oxygen atoms in total. The topological polar surface area (TPSA) is 72.3 Å². The summed E-state index contributed by atoms with van der Waals surface area (Å²) < 4.78 is 24.4. The van der Waals surface area contributed by atoms with E-state index in [9.17, 15) is 13.2 Å². The van der Waals surface area contributed by atoms with Crippen molar-refractivity contribution in [2.45, 2.75) is 12.3 Å². The van der Waals surface area contributed by atoms with Crippen LogP contribution in [0, 0.1) is 0 Å². The number of carbonyl (C=O) groups excluding carboxylic acids is 1. The average molecular weight is 321 g/mol. The molecule has 0 unspecified atom stereocenters. The smallest absolute Gasteiger partial charge is 0.253 e. The van der Waals surface area contributed by atoms with E-state index in [1.807, 2.05) is 13.2 Å². The zero-order valence-corrected chi connectivity index (χ0v) is 13.7. The fourth-order valence-electron chi connectivity index (χ4n) is 2.22. The summed E-state index contributed by atoms with van der Waals surface area (Å²) in [6.07, 6.45) is 4.74. The van der Waals surface area contributed by atoms with Crippen molar-refractivity contribution in [1.82, 2.24) is 14.7 Å². The van der Waals surface area contributed by atoms with Crippen LogP contribution in [0.2, 0.25) is 0 Å². The van der Waals surface area contributed by atoms with E-state index in [0.29, 0.717) is 17.7 Å². The number of carbonyl (C=O) groups is 1. The molecule has 0 saturated heterocycles. The van der Waals surface area contributed by atoms with Crippen molar-refractivity contribution in [3.8, 4) is 0 Å². The molecule has 1 aromatic carbocycles. The van der Waals surface area contributed by atoms with Gasteiger partial charge in [-0.3, -0.25) is 9.48 Å². The number of aryl methyl sites for hydroxylation is 1. The predicted molar refractivity (Wildman–Crippen MR) is 84.0 cm³/mol. The highest BCUT2D eigenvalue weighted by atomic mass is 32.2. The molecule has 0 spiro atoms. The summed E-state index contributed by atoms with van der Waals surface area (Å²) >= 11 is 0. The summed E-state index contributed by atoms with van der Waals surface area (Å²) in [4.78, 5) is 14.0. The minimum atomic E-state index is -3.12. The van der Waals surface area contributed by atoms with Gasteiger partial charge in [-0.2, -0.15) is 5.10 Å². The zero-order chi connectivity index (χ0) is 16.3. The van der Waals surface area contributed by atoms with Crippen LogP contribution in [0.15, 0.2) is 36.7 Å². The first-order valence-electron chi connectivity index (χ1n) is 6.74. The fourth-order valence-corrected chi connectivity index (χ4v) is 3.00. The van der Waals surface area contributed by atoms with E-state index in [4.69, 9.17) is 0 Å². The van der Waals surface area contributed by atoms with Gasteiger partial charge in [0.25, 0.3) is 5.91 Å². The largest absolute Gasteiger partial charge is 0.337 e. The fraction of sp³-hybridized carbons (Fsp3) is 0.333. The van der Waals surface area contributed by atoms with Crippen LogP contribution >= 0.6 is 0 Å². The second kappa shape index (κ2) is 6.31. The van der Waals surface area contributed by atoms with Crippen LogP contribution in [0.1, 0.15) is 21.5 Å². The van der Waals surface area contributed by atoms with Gasteiger partial charge >= 0.3 is 0 Å². The van der Waals surface area contributed by atoms with Crippen molar-refractivity contribution in [2.24, 2.45) is 7.05 Å². The normalized spacial score (nSPS) is 11.4. The van der Waals surface area contributed by atoms with Crippen LogP contribution in [0.5, 0.6) is 0 Å². The molecular formula is C15H19N3O3S. The van der Waals surface area contributed by atoms with Gasteiger partial charge in [-0.15, -0.1) is 0 Å². The first-order chi connectivity index (χ1) is 10.2. The highest BCUT2D eigenvalue weighted by Crippen LogP contribution is 2.12. The molecule has 0 aliphatic carbocycles. The maximum absolute atomic E-state index is 12.4. The molecule has 1 aromatic heterocycles. The number of aromatic nitrogens is 2. The van der Waals surface area contributed by atoms with E-state index in [0.717, 1.165) is 5.56 Å². The van der Waals surface area contributed by atoms with E-state index in [1.165, 1.54) is 6.26 Å². The standard InChI is InChI=1S/C15H19N3O3S/c1-17(9-13-8-16-18(2)10-13)15(19)14-6-4-5-12(7-14)11-22(3,20)21/h4-8,10H,9,11H2,1-3H3. The molecule has 0 aliphatic rings. The lowest BCUT2D eigenvalue weighted by Crippen LogP contribution is -2.26. The second-order valence-corrected chi connectivity index (χ2v) is 7.59. The van der Waals surface area contributed by atoms with Crippen LogP contribution in [0.4, 0.5) is 0 Å². The van der Waals surface area contributed by atoms with E-state index in [1.54, 1.807) is 47.1 Å². The van der Waals surface area contributed by atoms with Gasteiger partial charge in [-0.25, -0.2) is 8.42 Å². The van der Waals surface area contributed by atoms with E-state index in [2.05, 4.69) is 5.10 Å². The summed E-state index contributed by atoms with van der Waals surface area (Å²) in [6, 6.07) is 6.72. The van der Waals surface area contributed by atoms with Crippen LogP contribution in [0.25, 0.3) is 0 Å². The van der Waals surface area contributed by atoms with Crippen LogP contribution in [-0.2, 0) is 29.2 Å². The summed E-state index contributed by atoms with van der Waals surface area (Å²) in [5.74, 6) is -0.223. The first-order valence-corrected chi connectivity index (χ1v) is 8.80. The monoisotopic (exact) mass is 321 g/mol. The van der Waals surface area contributed by atoms with Crippen molar-refractivity contribution in [2.75, 3.05) is 13.3 Å². The van der Waals surface area contributed by atoms with E-state index in [-0.39, 0.29) is 11.7 Å². The highest BCUT2D eigenvalue weighted by molar-refractivity contribution is 7.89. The minimum Gasteiger partial charge on any atom is -0.337 e. The number of hydrogen-bond donors (Lipinski definition) is 0.